The van der Waals surface area contributed by atoms with Gasteiger partial charge in [-0.25, -0.2) is 4.98 Å². The third-order valence-electron chi connectivity index (χ3n) is 10.4. The number of rotatable bonds is 7. The molecule has 1 N–H and O–H groups in total. The van der Waals surface area contributed by atoms with Crippen molar-refractivity contribution in [2.75, 3.05) is 51.3 Å². The fraction of sp³-hybridized carbons (Fsp3) is 0.316. The van der Waals surface area contributed by atoms with Crippen LogP contribution in [-0.4, -0.2) is 93.0 Å². The number of aryl methyl sites for hydroxylation is 1. The van der Waals surface area contributed by atoms with Crippen molar-refractivity contribution in [1.82, 2.24) is 34.8 Å². The van der Waals surface area contributed by atoms with Crippen LogP contribution in [-0.2, 0) is 16.6 Å². The Kier molecular flexibility index (Phi) is 7.92. The minimum absolute atomic E-state index is 0.105. The molecule has 3 aliphatic heterocycles. The molecule has 12 heteroatoms. The van der Waals surface area contributed by atoms with E-state index in [9.17, 15) is 14.9 Å². The van der Waals surface area contributed by atoms with Crippen molar-refractivity contribution in [1.29, 1.82) is 5.26 Å². The summed E-state index contributed by atoms with van der Waals surface area (Å²) in [6, 6.07) is 21.7. The first-order valence-corrected chi connectivity index (χ1v) is 16.9. The van der Waals surface area contributed by atoms with E-state index in [1.165, 1.54) is 5.57 Å². The Morgan fingerprint density at radius 2 is 1.82 bits per heavy atom. The van der Waals surface area contributed by atoms with E-state index in [-0.39, 0.29) is 11.8 Å². The molecule has 3 aromatic carbocycles. The third-order valence-corrected chi connectivity index (χ3v) is 10.4. The fourth-order valence-electron chi connectivity index (χ4n) is 7.61. The molecule has 252 valence electrons. The smallest absolute Gasteiger partial charge is 0.237 e. The van der Waals surface area contributed by atoms with Gasteiger partial charge in [-0.1, -0.05) is 36.4 Å². The van der Waals surface area contributed by atoms with Crippen LogP contribution in [0.5, 0.6) is 5.75 Å². The Morgan fingerprint density at radius 1 is 1.02 bits per heavy atom. The molecule has 5 heterocycles. The molecular formula is C38H37N9O3. The lowest BCUT2D eigenvalue weighted by Gasteiger charge is -2.29. The van der Waals surface area contributed by atoms with Gasteiger partial charge in [0.15, 0.2) is 5.82 Å². The van der Waals surface area contributed by atoms with Gasteiger partial charge < -0.3 is 14.5 Å². The Morgan fingerprint density at radius 3 is 2.56 bits per heavy atom. The normalized spacial score (nSPS) is 19.4. The van der Waals surface area contributed by atoms with Crippen LogP contribution in [0.3, 0.4) is 0 Å². The van der Waals surface area contributed by atoms with Crippen LogP contribution in [0.25, 0.3) is 39.1 Å². The van der Waals surface area contributed by atoms with Crippen molar-refractivity contribution in [3.63, 3.8) is 0 Å². The van der Waals surface area contributed by atoms with E-state index in [1.54, 1.807) is 24.2 Å². The Balaban J connectivity index is 0.904. The lowest BCUT2D eigenvalue weighted by atomic mass is 9.85. The van der Waals surface area contributed by atoms with Gasteiger partial charge in [-0.2, -0.15) is 15.5 Å². The zero-order valence-corrected chi connectivity index (χ0v) is 28.1. The summed E-state index contributed by atoms with van der Waals surface area (Å²) in [5, 5.41) is 22.3. The second-order valence-electron chi connectivity index (χ2n) is 13.4. The minimum atomic E-state index is -0.485. The lowest BCUT2D eigenvalue weighted by molar-refractivity contribution is -0.132. The number of benzene rings is 3. The van der Waals surface area contributed by atoms with Crippen molar-refractivity contribution < 1.29 is 14.3 Å². The minimum Gasteiger partial charge on any atom is -0.495 e. The molecule has 2 amide bonds. The molecule has 2 saturated heterocycles. The molecule has 0 radical (unpaired) electrons. The molecular weight excluding hydrogens is 630 g/mol. The van der Waals surface area contributed by atoms with Crippen molar-refractivity contribution in [3.05, 3.63) is 84.2 Å². The number of carbonyl (C=O) groups is 2. The van der Waals surface area contributed by atoms with Crippen molar-refractivity contribution >= 4 is 34.0 Å². The van der Waals surface area contributed by atoms with Gasteiger partial charge in [-0.05, 0) is 67.3 Å². The molecule has 0 saturated carbocycles. The number of hydrogen-bond acceptors (Lipinski definition) is 8. The van der Waals surface area contributed by atoms with E-state index in [2.05, 4.69) is 49.5 Å². The predicted molar refractivity (Wildman–Crippen MR) is 189 cm³/mol. The summed E-state index contributed by atoms with van der Waals surface area (Å²) >= 11 is 0. The van der Waals surface area contributed by atoms with E-state index in [0.29, 0.717) is 49.9 Å². The molecule has 50 heavy (non-hydrogen) atoms. The summed E-state index contributed by atoms with van der Waals surface area (Å²) in [6.45, 7) is 3.52. The van der Waals surface area contributed by atoms with Gasteiger partial charge in [-0.3, -0.25) is 24.3 Å². The summed E-state index contributed by atoms with van der Waals surface area (Å²) in [7, 11) is 3.40. The number of aromatic amines is 1. The number of likely N-dealkylation sites (tertiary alicyclic amines) is 1. The number of H-pyrrole nitrogens is 1. The van der Waals surface area contributed by atoms with Gasteiger partial charge in [0, 0.05) is 55.4 Å². The van der Waals surface area contributed by atoms with Crippen molar-refractivity contribution in [3.8, 4) is 34.5 Å². The molecule has 1 spiro atoms. The van der Waals surface area contributed by atoms with Gasteiger partial charge in [-0.15, -0.1) is 0 Å². The van der Waals surface area contributed by atoms with Crippen LogP contribution in [0, 0.1) is 16.7 Å². The van der Waals surface area contributed by atoms with Gasteiger partial charge in [0.2, 0.25) is 11.8 Å². The van der Waals surface area contributed by atoms with Crippen molar-refractivity contribution in [2.24, 2.45) is 12.5 Å². The monoisotopic (exact) mass is 667 g/mol. The predicted octanol–water partition coefficient (Wildman–Crippen LogP) is 4.65. The molecule has 1 unspecified atom stereocenters. The molecule has 1 atom stereocenters. The van der Waals surface area contributed by atoms with Crippen LogP contribution in [0.2, 0.25) is 0 Å². The van der Waals surface area contributed by atoms with Crippen LogP contribution < -0.4 is 9.64 Å². The molecule has 2 aromatic heterocycles. The second-order valence-corrected chi connectivity index (χ2v) is 13.4. The standard InChI is InChI=1S/C38H37N9O3/c1-44-24-40-36(43-44)27-5-3-25(4-6-27)26-11-15-46(16-12-26)34(48)22-45-17-13-38(23-45)14-18-47(37(38)49)30-9-10-32-31(20-30)35(42-41-32)28-7-8-29(21-39)33(19-28)50-2/h3-11,19-20,24H,12-18,22-23H2,1-2H3,(H,41,42). The van der Waals surface area contributed by atoms with Crippen LogP contribution in [0.1, 0.15) is 30.4 Å². The van der Waals surface area contributed by atoms with E-state index in [1.807, 2.05) is 59.3 Å². The fourth-order valence-corrected chi connectivity index (χ4v) is 7.61. The number of aromatic nitrogens is 5. The number of nitrogens with zero attached hydrogens (tertiary/aromatic N) is 8. The lowest BCUT2D eigenvalue weighted by Crippen LogP contribution is -2.43. The second kappa shape index (κ2) is 12.6. The zero-order valence-electron chi connectivity index (χ0n) is 28.1. The zero-order chi connectivity index (χ0) is 34.4. The highest BCUT2D eigenvalue weighted by Gasteiger charge is 2.51. The Labute approximate surface area is 289 Å². The number of ether oxygens (including phenoxy) is 1. The summed E-state index contributed by atoms with van der Waals surface area (Å²) in [5.41, 5.74) is 6.57. The molecule has 3 aliphatic rings. The number of carbonyl (C=O) groups excluding carboxylic acids is 2. The Bertz CT molecular complexity index is 2190. The summed E-state index contributed by atoms with van der Waals surface area (Å²) in [6.07, 6.45) is 6.14. The van der Waals surface area contributed by atoms with Crippen molar-refractivity contribution in [2.45, 2.75) is 19.3 Å². The summed E-state index contributed by atoms with van der Waals surface area (Å²) in [5.74, 6) is 1.41. The molecule has 8 rings (SSSR count). The summed E-state index contributed by atoms with van der Waals surface area (Å²) in [4.78, 5) is 37.7. The SMILES string of the molecule is COc1cc(-c2n[nH]c3ccc(N4CCC5(CCN(CC(=O)N6CC=C(c7ccc(-c8ncn(C)n8)cc7)CC6)C5)C4=O)cc23)ccc1C#N. The number of fused-ring (bicyclic) bond motifs is 1. The number of methoxy groups -OCH3 is 1. The highest BCUT2D eigenvalue weighted by Crippen LogP contribution is 2.43. The van der Waals surface area contributed by atoms with E-state index >= 15 is 0 Å². The first-order valence-electron chi connectivity index (χ1n) is 16.9. The van der Waals surface area contributed by atoms with Crippen LogP contribution >= 0.6 is 0 Å². The average molecular weight is 668 g/mol. The number of anilines is 1. The molecule has 0 bridgehead atoms. The maximum Gasteiger partial charge on any atom is 0.237 e. The topological polar surface area (TPSA) is 136 Å². The van der Waals surface area contributed by atoms with E-state index < -0.39 is 5.41 Å². The first-order chi connectivity index (χ1) is 24.3. The average Bonchev–Trinajstić information content (AvgIpc) is 3.95. The van der Waals surface area contributed by atoms with Gasteiger partial charge >= 0.3 is 0 Å². The van der Waals surface area contributed by atoms with Crippen LogP contribution in [0.15, 0.2) is 73.1 Å². The largest absolute Gasteiger partial charge is 0.495 e. The van der Waals surface area contributed by atoms with E-state index in [0.717, 1.165) is 64.8 Å². The quantitative estimate of drug-likeness (QED) is 0.265. The summed E-state index contributed by atoms with van der Waals surface area (Å²) < 4.78 is 7.11. The Hall–Kier alpha value is -5.80. The van der Waals surface area contributed by atoms with Crippen LogP contribution in [0.4, 0.5) is 5.69 Å². The number of nitrogens with one attached hydrogen (secondary N) is 1. The first kappa shape index (κ1) is 31.5. The third kappa shape index (κ3) is 5.59. The van der Waals surface area contributed by atoms with Gasteiger partial charge in [0.1, 0.15) is 23.8 Å². The molecule has 5 aromatic rings. The van der Waals surface area contributed by atoms with Gasteiger partial charge in [0.25, 0.3) is 0 Å². The van der Waals surface area contributed by atoms with Gasteiger partial charge in [0.05, 0.1) is 30.1 Å². The maximum absolute atomic E-state index is 14.0. The molecule has 2 fully saturated rings. The number of nitriles is 1. The molecule has 12 nitrogen and oxygen atoms in total. The molecule has 0 aliphatic carbocycles. The number of hydrogen-bond donors (Lipinski definition) is 1. The highest BCUT2D eigenvalue weighted by atomic mass is 16.5. The number of amides is 2. The maximum atomic E-state index is 14.0. The van der Waals surface area contributed by atoms with E-state index in [4.69, 9.17) is 4.74 Å². The highest BCUT2D eigenvalue weighted by molar-refractivity contribution is 6.03.